The summed E-state index contributed by atoms with van der Waals surface area (Å²) in [6.45, 7) is -0.367. The molecule has 0 spiro atoms. The van der Waals surface area contributed by atoms with E-state index in [4.69, 9.17) is 15.0 Å². The fourth-order valence-electron chi connectivity index (χ4n) is 4.09. The molecule has 1 saturated carbocycles. The Morgan fingerprint density at radius 3 is 2.79 bits per heavy atom. The number of nitriles is 1. The van der Waals surface area contributed by atoms with Gasteiger partial charge in [-0.1, -0.05) is 47.3 Å². The van der Waals surface area contributed by atoms with E-state index in [2.05, 4.69) is 21.0 Å². The maximum absolute atomic E-state index is 13.3. The summed E-state index contributed by atoms with van der Waals surface area (Å²) >= 11 is 3.27. The van der Waals surface area contributed by atoms with Crippen molar-refractivity contribution in [3.8, 4) is 11.8 Å². The zero-order valence-corrected chi connectivity index (χ0v) is 19.2. The summed E-state index contributed by atoms with van der Waals surface area (Å²) in [5.74, 6) is 0.590. The van der Waals surface area contributed by atoms with Crippen LogP contribution < -0.4 is 10.3 Å². The Bertz CT molecular complexity index is 1340. The second kappa shape index (κ2) is 9.92. The minimum atomic E-state index is -0.591. The number of halogens is 1. The van der Waals surface area contributed by atoms with Crippen LogP contribution in [0.3, 0.4) is 0 Å². The Balaban J connectivity index is 1.87. The van der Waals surface area contributed by atoms with E-state index in [1.165, 1.54) is 17.0 Å². The third-order valence-corrected chi connectivity index (χ3v) is 6.06. The molecule has 0 saturated heterocycles. The lowest BCUT2D eigenvalue weighted by Crippen LogP contribution is -2.25. The number of nitro groups is 1. The molecule has 168 valence electrons. The molecule has 2 aromatic carbocycles. The minimum Gasteiger partial charge on any atom is -0.471 e. The van der Waals surface area contributed by atoms with Gasteiger partial charge in [-0.3, -0.25) is 14.9 Å². The maximum Gasteiger partial charge on any atom is 0.312 e. The molecule has 0 unspecified atom stereocenters. The van der Waals surface area contributed by atoms with Crippen molar-refractivity contribution in [2.45, 2.75) is 38.0 Å². The molecule has 10 heteroatoms. The second-order valence-corrected chi connectivity index (χ2v) is 8.65. The van der Waals surface area contributed by atoms with Crippen molar-refractivity contribution in [1.82, 2.24) is 9.66 Å². The largest absolute Gasteiger partial charge is 0.471 e. The molecule has 0 aliphatic heterocycles. The lowest BCUT2D eigenvalue weighted by atomic mass is 9.88. The van der Waals surface area contributed by atoms with Gasteiger partial charge in [0.05, 0.1) is 22.0 Å². The molecule has 1 aliphatic rings. The molecule has 0 radical (unpaired) electrons. The van der Waals surface area contributed by atoms with E-state index in [9.17, 15) is 14.9 Å². The van der Waals surface area contributed by atoms with Gasteiger partial charge in [-0.15, -0.1) is 0 Å². The van der Waals surface area contributed by atoms with Crippen molar-refractivity contribution >= 4 is 38.7 Å². The van der Waals surface area contributed by atoms with Crippen LogP contribution in [0.2, 0.25) is 0 Å². The Hall–Kier alpha value is -3.58. The molecule has 0 amide bonds. The highest BCUT2D eigenvalue weighted by Crippen LogP contribution is 2.34. The van der Waals surface area contributed by atoms with Crippen molar-refractivity contribution in [1.29, 1.82) is 5.26 Å². The molecule has 1 aliphatic carbocycles. The van der Waals surface area contributed by atoms with Gasteiger partial charge in [0.1, 0.15) is 11.9 Å². The Morgan fingerprint density at radius 1 is 1.30 bits per heavy atom. The zero-order chi connectivity index (χ0) is 23.4. The van der Waals surface area contributed by atoms with Gasteiger partial charge in [0.15, 0.2) is 6.61 Å². The number of benzene rings is 2. The molecule has 0 atom stereocenters. The number of fused-ring (bicyclic) bond motifs is 1. The van der Waals surface area contributed by atoms with Crippen LogP contribution in [0.5, 0.6) is 5.75 Å². The highest BCUT2D eigenvalue weighted by atomic mass is 79.9. The molecule has 0 bridgehead atoms. The summed E-state index contributed by atoms with van der Waals surface area (Å²) in [5.41, 5.74) is 0.269. The second-order valence-electron chi connectivity index (χ2n) is 7.73. The van der Waals surface area contributed by atoms with E-state index < -0.39 is 4.92 Å². The van der Waals surface area contributed by atoms with E-state index in [-0.39, 0.29) is 35.1 Å². The SMILES string of the molecule is N#CCOc1c(C=Nn2c(C3CCCCC3)nc3ccccc3c2=O)cc(Br)cc1[N+](=O)[O-]. The number of nitrogens with zero attached hydrogens (tertiary/aromatic N) is 5. The fourth-order valence-corrected chi connectivity index (χ4v) is 4.55. The van der Waals surface area contributed by atoms with Gasteiger partial charge in [0.25, 0.3) is 5.56 Å². The first-order valence-electron chi connectivity index (χ1n) is 10.5. The Morgan fingerprint density at radius 2 is 2.06 bits per heavy atom. The van der Waals surface area contributed by atoms with Gasteiger partial charge in [-0.2, -0.15) is 15.0 Å². The van der Waals surface area contributed by atoms with E-state index in [0.29, 0.717) is 21.2 Å². The Kier molecular flexibility index (Phi) is 6.79. The first kappa shape index (κ1) is 22.6. The summed E-state index contributed by atoms with van der Waals surface area (Å²) < 4.78 is 7.08. The first-order valence-corrected chi connectivity index (χ1v) is 11.3. The van der Waals surface area contributed by atoms with Gasteiger partial charge >= 0.3 is 5.69 Å². The summed E-state index contributed by atoms with van der Waals surface area (Å²) in [4.78, 5) is 29.0. The van der Waals surface area contributed by atoms with Crippen LogP contribution in [0.25, 0.3) is 10.9 Å². The van der Waals surface area contributed by atoms with Gasteiger partial charge in [-0.25, -0.2) is 4.98 Å². The summed E-state index contributed by atoms with van der Waals surface area (Å²) in [6.07, 6.45) is 6.44. The first-order chi connectivity index (χ1) is 16.0. The van der Waals surface area contributed by atoms with E-state index >= 15 is 0 Å². The summed E-state index contributed by atoms with van der Waals surface area (Å²) in [6, 6.07) is 11.8. The number of hydrogen-bond donors (Lipinski definition) is 0. The van der Waals surface area contributed by atoms with Gasteiger partial charge in [0.2, 0.25) is 5.75 Å². The number of aromatic nitrogens is 2. The monoisotopic (exact) mass is 509 g/mol. The molecule has 33 heavy (non-hydrogen) atoms. The summed E-state index contributed by atoms with van der Waals surface area (Å²) in [5, 5.41) is 25.3. The molecule has 3 aromatic rings. The molecular formula is C23H20BrN5O4. The number of rotatable bonds is 6. The van der Waals surface area contributed by atoms with Crippen LogP contribution in [-0.4, -0.2) is 27.4 Å². The van der Waals surface area contributed by atoms with Gasteiger partial charge < -0.3 is 4.74 Å². The van der Waals surface area contributed by atoms with Crippen LogP contribution >= 0.6 is 15.9 Å². The zero-order valence-electron chi connectivity index (χ0n) is 17.6. The normalized spacial score (nSPS) is 14.4. The average Bonchev–Trinajstić information content (AvgIpc) is 2.82. The molecule has 1 fully saturated rings. The van der Waals surface area contributed by atoms with Crippen molar-refractivity contribution in [3.05, 3.63) is 72.7 Å². The third-order valence-electron chi connectivity index (χ3n) is 5.60. The minimum absolute atomic E-state index is 0.0884. The van der Waals surface area contributed by atoms with Crippen molar-refractivity contribution < 1.29 is 9.66 Å². The van der Waals surface area contributed by atoms with Crippen LogP contribution in [0.1, 0.15) is 49.4 Å². The lowest BCUT2D eigenvalue weighted by Gasteiger charge is -2.22. The predicted molar refractivity (Wildman–Crippen MR) is 127 cm³/mol. The van der Waals surface area contributed by atoms with E-state index in [0.717, 1.165) is 32.1 Å². The fraction of sp³-hybridized carbons (Fsp3) is 0.304. The smallest absolute Gasteiger partial charge is 0.312 e. The summed E-state index contributed by atoms with van der Waals surface area (Å²) in [7, 11) is 0. The van der Waals surface area contributed by atoms with Crippen molar-refractivity contribution in [2.24, 2.45) is 5.10 Å². The standard InChI is InChI=1S/C23H20BrN5O4/c24-17-12-16(21(33-11-10-25)20(13-17)29(31)32)14-26-28-22(15-6-2-1-3-7-15)27-19-9-5-4-8-18(19)23(28)30/h4-5,8-9,12-15H,1-3,6-7,11H2. The lowest BCUT2D eigenvalue weighted by molar-refractivity contribution is -0.385. The van der Waals surface area contributed by atoms with Crippen molar-refractivity contribution in [2.75, 3.05) is 6.61 Å². The Labute approximate surface area is 197 Å². The van der Waals surface area contributed by atoms with Gasteiger partial charge in [-0.05, 0) is 31.0 Å². The van der Waals surface area contributed by atoms with Crippen LogP contribution in [-0.2, 0) is 0 Å². The highest BCUT2D eigenvalue weighted by Gasteiger charge is 2.23. The van der Waals surface area contributed by atoms with E-state index in [1.54, 1.807) is 18.2 Å². The average molecular weight is 510 g/mol. The molecule has 4 rings (SSSR count). The molecule has 1 heterocycles. The third kappa shape index (κ3) is 4.78. The molecule has 9 nitrogen and oxygen atoms in total. The van der Waals surface area contributed by atoms with Crippen molar-refractivity contribution in [3.63, 3.8) is 0 Å². The van der Waals surface area contributed by atoms with Crippen LogP contribution in [0, 0.1) is 21.4 Å². The quantitative estimate of drug-likeness (QED) is 0.264. The van der Waals surface area contributed by atoms with E-state index in [1.807, 2.05) is 18.2 Å². The molecule has 0 N–H and O–H groups in total. The highest BCUT2D eigenvalue weighted by molar-refractivity contribution is 9.10. The molecule has 1 aromatic heterocycles. The number of hydrogen-bond acceptors (Lipinski definition) is 7. The molecular weight excluding hydrogens is 490 g/mol. The number of nitro benzene ring substituents is 1. The predicted octanol–water partition coefficient (Wildman–Crippen LogP) is 4.90. The number of para-hydroxylation sites is 1. The van der Waals surface area contributed by atoms with Crippen LogP contribution in [0.15, 0.2) is 50.8 Å². The number of ether oxygens (including phenoxy) is 1. The topological polar surface area (TPSA) is 123 Å². The van der Waals surface area contributed by atoms with Crippen LogP contribution in [0.4, 0.5) is 5.69 Å². The maximum atomic E-state index is 13.3. The van der Waals surface area contributed by atoms with Gasteiger partial charge in [0, 0.05) is 22.0 Å².